The SMILES string of the molecule is CC(C)C(CNC(=O)c1cc(N)cn1C)C(C)C. The molecule has 0 atom stereocenters. The van der Waals surface area contributed by atoms with Crippen molar-refractivity contribution in [3.8, 4) is 0 Å². The third kappa shape index (κ3) is 3.52. The standard InChI is InChI=1S/C14H25N3O/c1-9(2)12(10(3)4)7-16-14(18)13-6-11(15)8-17(13)5/h6,8-10,12H,7,15H2,1-5H3,(H,16,18). The number of anilines is 1. The van der Waals surface area contributed by atoms with Crippen molar-refractivity contribution >= 4 is 11.6 Å². The zero-order chi connectivity index (χ0) is 13.9. The van der Waals surface area contributed by atoms with Gasteiger partial charge in [0.05, 0.1) is 5.69 Å². The van der Waals surface area contributed by atoms with Gasteiger partial charge in [-0.15, -0.1) is 0 Å². The zero-order valence-electron chi connectivity index (χ0n) is 12.0. The van der Waals surface area contributed by atoms with E-state index in [1.54, 1.807) is 16.8 Å². The number of amides is 1. The Kier molecular flexibility index (Phi) is 4.82. The Hall–Kier alpha value is -1.45. The van der Waals surface area contributed by atoms with E-state index in [1.165, 1.54) is 0 Å². The molecule has 4 heteroatoms. The number of nitrogens with zero attached hydrogens (tertiary/aromatic N) is 1. The molecule has 1 aromatic heterocycles. The van der Waals surface area contributed by atoms with Gasteiger partial charge in [0.2, 0.25) is 0 Å². The topological polar surface area (TPSA) is 60.1 Å². The molecule has 0 spiro atoms. The predicted octanol–water partition coefficient (Wildman–Crippen LogP) is 2.27. The first-order valence-electron chi connectivity index (χ1n) is 6.53. The molecule has 0 saturated carbocycles. The molecule has 1 amide bonds. The molecule has 0 aromatic carbocycles. The third-order valence-corrected chi connectivity index (χ3v) is 3.47. The maximum atomic E-state index is 12.0. The van der Waals surface area contributed by atoms with E-state index in [9.17, 15) is 4.79 Å². The van der Waals surface area contributed by atoms with Gasteiger partial charge < -0.3 is 15.6 Å². The van der Waals surface area contributed by atoms with Gasteiger partial charge in [-0.25, -0.2) is 0 Å². The minimum atomic E-state index is -0.0551. The summed E-state index contributed by atoms with van der Waals surface area (Å²) in [7, 11) is 1.83. The van der Waals surface area contributed by atoms with Crippen LogP contribution in [0.25, 0.3) is 0 Å². The largest absolute Gasteiger partial charge is 0.397 e. The zero-order valence-corrected chi connectivity index (χ0v) is 12.0. The summed E-state index contributed by atoms with van der Waals surface area (Å²) >= 11 is 0. The molecule has 0 fully saturated rings. The van der Waals surface area contributed by atoms with Crippen LogP contribution in [0.2, 0.25) is 0 Å². The Bertz CT molecular complexity index is 399. The van der Waals surface area contributed by atoms with Gasteiger partial charge in [0.1, 0.15) is 5.69 Å². The van der Waals surface area contributed by atoms with E-state index in [1.807, 2.05) is 7.05 Å². The van der Waals surface area contributed by atoms with Crippen molar-refractivity contribution in [1.82, 2.24) is 9.88 Å². The average Bonchev–Trinajstić information content (AvgIpc) is 2.56. The van der Waals surface area contributed by atoms with Crippen molar-refractivity contribution in [1.29, 1.82) is 0 Å². The monoisotopic (exact) mass is 251 g/mol. The molecule has 0 aliphatic heterocycles. The third-order valence-electron chi connectivity index (χ3n) is 3.47. The number of hydrogen-bond acceptors (Lipinski definition) is 2. The lowest BCUT2D eigenvalue weighted by molar-refractivity contribution is 0.0929. The summed E-state index contributed by atoms with van der Waals surface area (Å²) in [5.41, 5.74) is 6.90. The van der Waals surface area contributed by atoms with E-state index in [0.717, 1.165) is 0 Å². The fourth-order valence-electron chi connectivity index (χ4n) is 2.36. The number of aromatic nitrogens is 1. The van der Waals surface area contributed by atoms with Crippen molar-refractivity contribution in [2.75, 3.05) is 12.3 Å². The molecule has 0 unspecified atom stereocenters. The average molecular weight is 251 g/mol. The van der Waals surface area contributed by atoms with Crippen LogP contribution in [-0.2, 0) is 7.05 Å². The van der Waals surface area contributed by atoms with Crippen LogP contribution in [0.5, 0.6) is 0 Å². The van der Waals surface area contributed by atoms with Gasteiger partial charge in [-0.2, -0.15) is 0 Å². The summed E-state index contributed by atoms with van der Waals surface area (Å²) < 4.78 is 1.75. The van der Waals surface area contributed by atoms with E-state index in [-0.39, 0.29) is 5.91 Å². The molecule has 0 aliphatic rings. The van der Waals surface area contributed by atoms with Gasteiger partial charge in [0.25, 0.3) is 5.91 Å². The Morgan fingerprint density at radius 3 is 2.28 bits per heavy atom. The van der Waals surface area contributed by atoms with Crippen molar-refractivity contribution in [2.45, 2.75) is 27.7 Å². The van der Waals surface area contributed by atoms with Crippen LogP contribution in [0, 0.1) is 17.8 Å². The van der Waals surface area contributed by atoms with Crippen molar-refractivity contribution in [3.63, 3.8) is 0 Å². The fourth-order valence-corrected chi connectivity index (χ4v) is 2.36. The van der Waals surface area contributed by atoms with Gasteiger partial charge in [-0.3, -0.25) is 4.79 Å². The van der Waals surface area contributed by atoms with Crippen LogP contribution in [0.4, 0.5) is 5.69 Å². The van der Waals surface area contributed by atoms with Crippen molar-refractivity contribution in [2.24, 2.45) is 24.8 Å². The van der Waals surface area contributed by atoms with Gasteiger partial charge in [-0.05, 0) is 23.8 Å². The second kappa shape index (κ2) is 5.94. The van der Waals surface area contributed by atoms with Crippen LogP contribution >= 0.6 is 0 Å². The van der Waals surface area contributed by atoms with E-state index in [4.69, 9.17) is 5.73 Å². The fraction of sp³-hybridized carbons (Fsp3) is 0.643. The molecule has 0 aliphatic carbocycles. The van der Waals surface area contributed by atoms with E-state index < -0.39 is 0 Å². The van der Waals surface area contributed by atoms with Crippen LogP contribution in [-0.4, -0.2) is 17.0 Å². The number of nitrogens with one attached hydrogen (secondary N) is 1. The Labute approximate surface area is 110 Å². The summed E-state index contributed by atoms with van der Waals surface area (Å²) in [6, 6.07) is 1.70. The number of carbonyl (C=O) groups excluding carboxylic acids is 1. The minimum Gasteiger partial charge on any atom is -0.397 e. The number of nitrogen functional groups attached to an aromatic ring is 1. The number of rotatable bonds is 5. The van der Waals surface area contributed by atoms with Crippen LogP contribution in [0.1, 0.15) is 38.2 Å². The van der Waals surface area contributed by atoms with Gasteiger partial charge >= 0.3 is 0 Å². The van der Waals surface area contributed by atoms with E-state index >= 15 is 0 Å². The predicted molar refractivity (Wildman–Crippen MR) is 75.3 cm³/mol. The molecule has 1 heterocycles. The maximum Gasteiger partial charge on any atom is 0.267 e. The van der Waals surface area contributed by atoms with E-state index in [2.05, 4.69) is 33.0 Å². The van der Waals surface area contributed by atoms with Crippen LogP contribution in [0.15, 0.2) is 12.3 Å². The first-order chi connectivity index (χ1) is 8.32. The normalized spacial score (nSPS) is 11.6. The van der Waals surface area contributed by atoms with E-state index in [0.29, 0.717) is 35.7 Å². The Morgan fingerprint density at radius 1 is 1.33 bits per heavy atom. The molecule has 0 bridgehead atoms. The Balaban J connectivity index is 2.63. The molecule has 18 heavy (non-hydrogen) atoms. The van der Waals surface area contributed by atoms with Crippen molar-refractivity contribution < 1.29 is 4.79 Å². The lowest BCUT2D eigenvalue weighted by Crippen LogP contribution is -2.34. The first kappa shape index (κ1) is 14.6. The molecule has 3 N–H and O–H groups in total. The quantitative estimate of drug-likeness (QED) is 0.843. The van der Waals surface area contributed by atoms with Gasteiger partial charge in [0, 0.05) is 19.8 Å². The summed E-state index contributed by atoms with van der Waals surface area (Å²) in [6.45, 7) is 9.47. The van der Waals surface area contributed by atoms with Gasteiger partial charge in [-0.1, -0.05) is 27.7 Å². The van der Waals surface area contributed by atoms with Crippen LogP contribution < -0.4 is 11.1 Å². The number of hydrogen-bond donors (Lipinski definition) is 2. The summed E-state index contributed by atoms with van der Waals surface area (Å²) in [5, 5.41) is 3.00. The highest BCUT2D eigenvalue weighted by molar-refractivity contribution is 5.93. The number of nitrogens with two attached hydrogens (primary N) is 1. The highest BCUT2D eigenvalue weighted by Crippen LogP contribution is 2.19. The molecule has 4 nitrogen and oxygen atoms in total. The lowest BCUT2D eigenvalue weighted by Gasteiger charge is -2.25. The molecular formula is C14H25N3O. The molecule has 1 rings (SSSR count). The van der Waals surface area contributed by atoms with Crippen LogP contribution in [0.3, 0.4) is 0 Å². The Morgan fingerprint density at radius 2 is 1.89 bits per heavy atom. The highest BCUT2D eigenvalue weighted by atomic mass is 16.1. The first-order valence-corrected chi connectivity index (χ1v) is 6.53. The second-order valence-corrected chi connectivity index (χ2v) is 5.63. The lowest BCUT2D eigenvalue weighted by atomic mass is 9.85. The molecule has 102 valence electrons. The maximum absolute atomic E-state index is 12.0. The summed E-state index contributed by atoms with van der Waals surface area (Å²) in [4.78, 5) is 12.0. The van der Waals surface area contributed by atoms with Crippen molar-refractivity contribution in [3.05, 3.63) is 18.0 Å². The summed E-state index contributed by atoms with van der Waals surface area (Å²) in [5.74, 6) is 1.56. The molecular weight excluding hydrogens is 226 g/mol. The number of carbonyl (C=O) groups is 1. The molecule has 0 radical (unpaired) electrons. The highest BCUT2D eigenvalue weighted by Gasteiger charge is 2.19. The molecule has 1 aromatic rings. The number of aryl methyl sites for hydroxylation is 1. The van der Waals surface area contributed by atoms with Gasteiger partial charge in [0.15, 0.2) is 0 Å². The summed E-state index contributed by atoms with van der Waals surface area (Å²) in [6.07, 6.45) is 1.75. The minimum absolute atomic E-state index is 0.0551. The second-order valence-electron chi connectivity index (χ2n) is 5.63. The smallest absolute Gasteiger partial charge is 0.267 e. The molecule has 0 saturated heterocycles.